The lowest BCUT2D eigenvalue weighted by molar-refractivity contribution is 0.0920. The second-order valence-corrected chi connectivity index (χ2v) is 3.97. The average molecular weight is 269 g/mol. The molecule has 0 bridgehead atoms. The van der Waals surface area contributed by atoms with E-state index >= 15 is 0 Å². The van der Waals surface area contributed by atoms with E-state index in [1.165, 1.54) is 27.4 Å². The highest BCUT2D eigenvalue weighted by atomic mass is 16.5. The van der Waals surface area contributed by atoms with Gasteiger partial charge in [-0.2, -0.15) is 0 Å². The van der Waals surface area contributed by atoms with Crippen molar-refractivity contribution in [1.29, 1.82) is 0 Å². The van der Waals surface area contributed by atoms with Gasteiger partial charge in [-0.3, -0.25) is 4.79 Å². The highest BCUT2D eigenvalue weighted by Gasteiger charge is 2.17. The summed E-state index contributed by atoms with van der Waals surface area (Å²) in [5.74, 6) is 0.941. The highest BCUT2D eigenvalue weighted by molar-refractivity contribution is 5.97. The van der Waals surface area contributed by atoms with Crippen LogP contribution in [0, 0.1) is 0 Å². The first-order valence-electron chi connectivity index (χ1n) is 5.79. The molecular weight excluding hydrogens is 250 g/mol. The van der Waals surface area contributed by atoms with Crippen molar-refractivity contribution in [1.82, 2.24) is 5.32 Å². The Morgan fingerprint density at radius 2 is 1.68 bits per heavy atom. The molecule has 0 aliphatic rings. The van der Waals surface area contributed by atoms with Crippen molar-refractivity contribution in [3.05, 3.63) is 17.7 Å². The van der Waals surface area contributed by atoms with E-state index in [-0.39, 0.29) is 12.5 Å². The van der Waals surface area contributed by atoms with E-state index in [0.717, 1.165) is 0 Å². The van der Waals surface area contributed by atoms with Crippen LogP contribution >= 0.6 is 0 Å². The lowest BCUT2D eigenvalue weighted by Gasteiger charge is -2.14. The van der Waals surface area contributed by atoms with Crippen molar-refractivity contribution < 1.29 is 24.1 Å². The topological polar surface area (TPSA) is 77.0 Å². The van der Waals surface area contributed by atoms with E-state index in [0.29, 0.717) is 22.8 Å². The van der Waals surface area contributed by atoms with Crippen LogP contribution in [0.2, 0.25) is 0 Å². The second-order valence-electron chi connectivity index (χ2n) is 3.97. The minimum absolute atomic E-state index is 0.163. The van der Waals surface area contributed by atoms with Gasteiger partial charge in [-0.25, -0.2) is 0 Å². The molecule has 6 nitrogen and oxygen atoms in total. The summed E-state index contributed by atoms with van der Waals surface area (Å²) in [5, 5.41) is 11.8. The molecule has 0 aliphatic carbocycles. The van der Waals surface area contributed by atoms with Gasteiger partial charge in [-0.1, -0.05) is 0 Å². The van der Waals surface area contributed by atoms with Crippen molar-refractivity contribution in [2.75, 3.05) is 27.9 Å². The van der Waals surface area contributed by atoms with Crippen molar-refractivity contribution >= 4 is 5.91 Å². The van der Waals surface area contributed by atoms with Gasteiger partial charge in [0.15, 0.2) is 11.5 Å². The summed E-state index contributed by atoms with van der Waals surface area (Å²) < 4.78 is 15.4. The molecule has 1 atom stereocenters. The minimum Gasteiger partial charge on any atom is -0.496 e. The number of aliphatic hydroxyl groups is 1. The molecule has 0 radical (unpaired) electrons. The number of hydrogen-bond acceptors (Lipinski definition) is 5. The molecule has 0 saturated heterocycles. The zero-order chi connectivity index (χ0) is 14.4. The van der Waals surface area contributed by atoms with Crippen LogP contribution in [-0.2, 0) is 0 Å². The van der Waals surface area contributed by atoms with Gasteiger partial charge in [0.25, 0.3) is 5.91 Å². The Balaban J connectivity index is 3.07. The van der Waals surface area contributed by atoms with Crippen molar-refractivity contribution in [2.24, 2.45) is 0 Å². The lowest BCUT2D eigenvalue weighted by atomic mass is 10.1. The van der Waals surface area contributed by atoms with Crippen LogP contribution in [0.4, 0.5) is 0 Å². The summed E-state index contributed by atoms with van der Waals surface area (Å²) in [6.07, 6.45) is -0.616. The number of nitrogens with one attached hydrogen (secondary N) is 1. The smallest absolute Gasteiger partial charge is 0.255 e. The molecule has 2 N–H and O–H groups in total. The number of aliphatic hydroxyl groups excluding tert-OH is 1. The van der Waals surface area contributed by atoms with E-state index < -0.39 is 6.10 Å². The van der Waals surface area contributed by atoms with Crippen LogP contribution in [0.5, 0.6) is 17.2 Å². The van der Waals surface area contributed by atoms with Crippen LogP contribution in [0.15, 0.2) is 12.1 Å². The standard InChI is InChI=1S/C13H19NO5/c1-8(15)7-14-13(16)9-5-11(18-3)12(19-4)6-10(9)17-2/h5-6,8,15H,7H2,1-4H3,(H,14,16)/t8-/m1/s1. The van der Waals surface area contributed by atoms with Gasteiger partial charge >= 0.3 is 0 Å². The highest BCUT2D eigenvalue weighted by Crippen LogP contribution is 2.34. The fraction of sp³-hybridized carbons (Fsp3) is 0.462. The van der Waals surface area contributed by atoms with Gasteiger partial charge in [0.2, 0.25) is 0 Å². The summed E-state index contributed by atoms with van der Waals surface area (Å²) in [6.45, 7) is 1.75. The van der Waals surface area contributed by atoms with E-state index in [4.69, 9.17) is 19.3 Å². The van der Waals surface area contributed by atoms with Crippen molar-refractivity contribution in [2.45, 2.75) is 13.0 Å². The molecule has 1 rings (SSSR count). The summed E-state index contributed by atoms with van der Waals surface area (Å²) >= 11 is 0. The van der Waals surface area contributed by atoms with Gasteiger partial charge in [0, 0.05) is 18.7 Å². The van der Waals surface area contributed by atoms with E-state index in [2.05, 4.69) is 5.32 Å². The molecular formula is C13H19NO5. The number of ether oxygens (including phenoxy) is 3. The Hall–Kier alpha value is -1.95. The molecule has 0 saturated carbocycles. The van der Waals surface area contributed by atoms with Gasteiger partial charge in [-0.05, 0) is 6.92 Å². The molecule has 6 heteroatoms. The number of methoxy groups -OCH3 is 3. The number of hydrogen-bond donors (Lipinski definition) is 2. The average Bonchev–Trinajstić information content (AvgIpc) is 2.42. The molecule has 19 heavy (non-hydrogen) atoms. The van der Waals surface area contributed by atoms with Gasteiger partial charge in [-0.15, -0.1) is 0 Å². The maximum absolute atomic E-state index is 12.0. The van der Waals surface area contributed by atoms with Gasteiger partial charge in [0.05, 0.1) is 33.0 Å². The number of amides is 1. The van der Waals surface area contributed by atoms with Crippen LogP contribution in [-0.4, -0.2) is 45.0 Å². The number of carbonyl (C=O) groups is 1. The molecule has 1 amide bonds. The third kappa shape index (κ3) is 3.75. The summed E-state index contributed by atoms with van der Waals surface area (Å²) in [5.41, 5.74) is 0.320. The third-order valence-electron chi connectivity index (χ3n) is 2.51. The molecule has 0 heterocycles. The first kappa shape index (κ1) is 15.1. The summed E-state index contributed by atoms with van der Waals surface area (Å²) in [4.78, 5) is 12.0. The first-order chi connectivity index (χ1) is 9.03. The van der Waals surface area contributed by atoms with E-state index in [1.807, 2.05) is 0 Å². The quantitative estimate of drug-likeness (QED) is 0.799. The normalized spacial score (nSPS) is 11.6. The van der Waals surface area contributed by atoms with Crippen LogP contribution in [0.1, 0.15) is 17.3 Å². The predicted molar refractivity (Wildman–Crippen MR) is 70.1 cm³/mol. The molecule has 0 aromatic heterocycles. The Labute approximate surface area is 112 Å². The van der Waals surface area contributed by atoms with Crippen LogP contribution < -0.4 is 19.5 Å². The monoisotopic (exact) mass is 269 g/mol. The molecule has 0 unspecified atom stereocenters. The van der Waals surface area contributed by atoms with Crippen molar-refractivity contribution in [3.8, 4) is 17.2 Å². The summed E-state index contributed by atoms with van der Waals surface area (Å²) in [6, 6.07) is 3.12. The van der Waals surface area contributed by atoms with Crippen molar-refractivity contribution in [3.63, 3.8) is 0 Å². The number of rotatable bonds is 6. The first-order valence-corrected chi connectivity index (χ1v) is 5.79. The molecule has 1 aromatic carbocycles. The maximum atomic E-state index is 12.0. The SMILES string of the molecule is COc1cc(OC)c(C(=O)NC[C@@H](C)O)cc1OC. The molecule has 0 fully saturated rings. The Kier molecular flexibility index (Phi) is 5.44. The van der Waals surface area contributed by atoms with Gasteiger partial charge in [0.1, 0.15) is 5.75 Å². The lowest BCUT2D eigenvalue weighted by Crippen LogP contribution is -2.30. The van der Waals surface area contributed by atoms with Crippen LogP contribution in [0.25, 0.3) is 0 Å². The minimum atomic E-state index is -0.616. The third-order valence-corrected chi connectivity index (χ3v) is 2.51. The fourth-order valence-corrected chi connectivity index (χ4v) is 1.54. The Morgan fingerprint density at radius 3 is 2.16 bits per heavy atom. The number of benzene rings is 1. The van der Waals surface area contributed by atoms with Gasteiger partial charge < -0.3 is 24.6 Å². The maximum Gasteiger partial charge on any atom is 0.255 e. The Bertz CT molecular complexity index is 445. The predicted octanol–water partition coefficient (Wildman–Crippen LogP) is 0.823. The zero-order valence-electron chi connectivity index (χ0n) is 11.5. The fourth-order valence-electron chi connectivity index (χ4n) is 1.54. The number of carbonyl (C=O) groups excluding carboxylic acids is 1. The summed E-state index contributed by atoms with van der Waals surface area (Å²) in [7, 11) is 4.46. The molecule has 106 valence electrons. The second kappa shape index (κ2) is 6.84. The van der Waals surface area contributed by atoms with Crippen LogP contribution in [0.3, 0.4) is 0 Å². The Morgan fingerprint density at radius 1 is 1.16 bits per heavy atom. The molecule has 0 spiro atoms. The zero-order valence-corrected chi connectivity index (χ0v) is 11.5. The largest absolute Gasteiger partial charge is 0.496 e. The van der Waals surface area contributed by atoms with E-state index in [9.17, 15) is 4.79 Å². The van der Waals surface area contributed by atoms with E-state index in [1.54, 1.807) is 13.0 Å². The molecule has 1 aromatic rings. The molecule has 0 aliphatic heterocycles.